The maximum atomic E-state index is 11.4. The molecule has 0 spiro atoms. The molecule has 4 nitrogen and oxygen atoms in total. The summed E-state index contributed by atoms with van der Waals surface area (Å²) in [4.78, 5) is 0. The molecule has 0 aliphatic heterocycles. The van der Waals surface area contributed by atoms with Crippen LogP contribution in [0.5, 0.6) is 0 Å². The summed E-state index contributed by atoms with van der Waals surface area (Å²) in [6.45, 7) is 2.42. The Morgan fingerprint density at radius 2 is 2.00 bits per heavy atom. The lowest BCUT2D eigenvalue weighted by Gasteiger charge is -2.18. The van der Waals surface area contributed by atoms with Gasteiger partial charge in [0, 0.05) is 13.1 Å². The van der Waals surface area contributed by atoms with E-state index in [9.17, 15) is 8.42 Å². The number of nitrogens with zero attached hydrogens (tertiary/aromatic N) is 2. The summed E-state index contributed by atoms with van der Waals surface area (Å²) in [5.74, 6) is 0. The second-order valence-electron chi connectivity index (χ2n) is 3.46. The van der Waals surface area contributed by atoms with E-state index in [1.807, 2.05) is 0 Å². The van der Waals surface area contributed by atoms with Gasteiger partial charge in [0.05, 0.1) is 17.9 Å². The van der Waals surface area contributed by atoms with Gasteiger partial charge >= 0.3 is 0 Å². The number of hydrogen-bond donors (Lipinski definition) is 0. The van der Waals surface area contributed by atoms with Crippen LogP contribution in [0.2, 0.25) is 0 Å². The maximum absolute atomic E-state index is 11.4. The number of benzene rings is 1. The zero-order valence-electron chi connectivity index (χ0n) is 9.34. The summed E-state index contributed by atoms with van der Waals surface area (Å²) in [6.07, 6.45) is 1.17. The van der Waals surface area contributed by atoms with E-state index in [-0.39, 0.29) is 6.54 Å². The van der Waals surface area contributed by atoms with Gasteiger partial charge in [-0.3, -0.25) is 0 Å². The van der Waals surface area contributed by atoms with Crippen LogP contribution in [-0.4, -0.2) is 25.5 Å². The van der Waals surface area contributed by atoms with E-state index in [0.717, 1.165) is 5.56 Å². The second-order valence-corrected chi connectivity index (χ2v) is 5.44. The first kappa shape index (κ1) is 12.7. The molecule has 0 fully saturated rings. The van der Waals surface area contributed by atoms with Crippen molar-refractivity contribution in [2.24, 2.45) is 0 Å². The predicted octanol–water partition coefficient (Wildman–Crippen LogP) is 1.34. The van der Waals surface area contributed by atoms with Gasteiger partial charge in [-0.15, -0.1) is 0 Å². The van der Waals surface area contributed by atoms with E-state index in [1.165, 1.54) is 10.6 Å². The third kappa shape index (κ3) is 3.05. The van der Waals surface area contributed by atoms with Crippen LogP contribution in [0.15, 0.2) is 24.3 Å². The normalized spacial score (nSPS) is 11.4. The van der Waals surface area contributed by atoms with Crippen molar-refractivity contribution in [1.29, 1.82) is 5.26 Å². The molecule has 0 atom stereocenters. The smallest absolute Gasteiger partial charge is 0.211 e. The number of rotatable bonds is 4. The molecule has 0 unspecified atom stereocenters. The Bertz CT molecular complexity index is 503. The van der Waals surface area contributed by atoms with Gasteiger partial charge < -0.3 is 0 Å². The molecule has 16 heavy (non-hydrogen) atoms. The van der Waals surface area contributed by atoms with Crippen LogP contribution < -0.4 is 0 Å². The van der Waals surface area contributed by atoms with Crippen LogP contribution in [0.1, 0.15) is 18.1 Å². The van der Waals surface area contributed by atoms with Crippen molar-refractivity contribution in [3.63, 3.8) is 0 Å². The Labute approximate surface area is 96.2 Å². The molecule has 0 saturated carbocycles. The molecular formula is C11H14N2O2S. The average molecular weight is 238 g/mol. The van der Waals surface area contributed by atoms with Crippen LogP contribution in [0.4, 0.5) is 0 Å². The Balaban J connectivity index is 3.00. The Hall–Kier alpha value is -1.38. The minimum Gasteiger partial charge on any atom is -0.212 e. The standard InChI is InChI=1S/C11H14N2O2S/c1-3-13(16(2,14)15)9-11-7-5-4-6-10(11)8-12/h4-7H,3,9H2,1-2H3. The summed E-state index contributed by atoms with van der Waals surface area (Å²) < 4.78 is 24.2. The zero-order valence-corrected chi connectivity index (χ0v) is 10.2. The zero-order chi connectivity index (χ0) is 12.2. The first-order chi connectivity index (χ1) is 7.49. The fourth-order valence-corrected chi connectivity index (χ4v) is 2.26. The topological polar surface area (TPSA) is 61.2 Å². The first-order valence-electron chi connectivity index (χ1n) is 4.92. The van der Waals surface area contributed by atoms with Crippen molar-refractivity contribution in [3.05, 3.63) is 35.4 Å². The number of hydrogen-bond acceptors (Lipinski definition) is 3. The molecular weight excluding hydrogens is 224 g/mol. The van der Waals surface area contributed by atoms with Gasteiger partial charge in [-0.25, -0.2) is 8.42 Å². The van der Waals surface area contributed by atoms with Gasteiger partial charge in [0.25, 0.3) is 0 Å². The molecule has 0 heterocycles. The molecule has 0 radical (unpaired) electrons. The molecule has 0 saturated heterocycles. The Morgan fingerprint density at radius 1 is 1.38 bits per heavy atom. The van der Waals surface area contributed by atoms with E-state index in [4.69, 9.17) is 5.26 Å². The highest BCUT2D eigenvalue weighted by Crippen LogP contribution is 2.12. The summed E-state index contributed by atoms with van der Waals surface area (Å²) in [6, 6.07) is 9.07. The van der Waals surface area contributed by atoms with Gasteiger partial charge in [0.1, 0.15) is 0 Å². The minimum atomic E-state index is -3.21. The minimum absolute atomic E-state index is 0.249. The Kier molecular flexibility index (Phi) is 4.05. The van der Waals surface area contributed by atoms with Crippen LogP contribution in [0.3, 0.4) is 0 Å². The highest BCUT2D eigenvalue weighted by atomic mass is 32.2. The predicted molar refractivity (Wildman–Crippen MR) is 62.1 cm³/mol. The highest BCUT2D eigenvalue weighted by molar-refractivity contribution is 7.88. The molecule has 1 aromatic carbocycles. The molecule has 0 amide bonds. The average Bonchev–Trinajstić information content (AvgIpc) is 2.24. The molecule has 1 rings (SSSR count). The SMILES string of the molecule is CCN(Cc1ccccc1C#N)S(C)(=O)=O. The molecule has 0 aliphatic carbocycles. The molecule has 5 heteroatoms. The van der Waals surface area contributed by atoms with Crippen LogP contribution >= 0.6 is 0 Å². The lowest BCUT2D eigenvalue weighted by atomic mass is 10.1. The van der Waals surface area contributed by atoms with Crippen molar-refractivity contribution in [2.75, 3.05) is 12.8 Å². The first-order valence-corrected chi connectivity index (χ1v) is 6.77. The van der Waals surface area contributed by atoms with E-state index < -0.39 is 10.0 Å². The van der Waals surface area contributed by atoms with Crippen molar-refractivity contribution in [2.45, 2.75) is 13.5 Å². The van der Waals surface area contributed by atoms with Crippen LogP contribution in [-0.2, 0) is 16.6 Å². The second kappa shape index (κ2) is 5.10. The van der Waals surface area contributed by atoms with Gasteiger partial charge in [0.2, 0.25) is 10.0 Å². The van der Waals surface area contributed by atoms with E-state index in [2.05, 4.69) is 6.07 Å². The van der Waals surface area contributed by atoms with Gasteiger partial charge in [-0.1, -0.05) is 25.1 Å². The van der Waals surface area contributed by atoms with Crippen LogP contribution in [0.25, 0.3) is 0 Å². The number of nitriles is 1. The van der Waals surface area contributed by atoms with Crippen molar-refractivity contribution < 1.29 is 8.42 Å². The van der Waals surface area contributed by atoms with Crippen molar-refractivity contribution >= 4 is 10.0 Å². The van der Waals surface area contributed by atoms with Gasteiger partial charge in [0.15, 0.2) is 0 Å². The number of sulfonamides is 1. The van der Waals surface area contributed by atoms with E-state index >= 15 is 0 Å². The molecule has 0 bridgehead atoms. The monoisotopic (exact) mass is 238 g/mol. The molecule has 1 aromatic rings. The highest BCUT2D eigenvalue weighted by Gasteiger charge is 2.15. The molecule has 0 N–H and O–H groups in total. The van der Waals surface area contributed by atoms with E-state index in [1.54, 1.807) is 31.2 Å². The van der Waals surface area contributed by atoms with E-state index in [0.29, 0.717) is 12.1 Å². The fourth-order valence-electron chi connectivity index (χ4n) is 1.42. The van der Waals surface area contributed by atoms with Crippen LogP contribution in [0, 0.1) is 11.3 Å². The molecule has 0 aromatic heterocycles. The van der Waals surface area contributed by atoms with Gasteiger partial charge in [-0.05, 0) is 11.6 Å². The molecule has 86 valence electrons. The fraction of sp³-hybridized carbons (Fsp3) is 0.364. The van der Waals surface area contributed by atoms with Crippen molar-refractivity contribution in [3.8, 4) is 6.07 Å². The summed E-state index contributed by atoms with van der Waals surface area (Å²) in [5.41, 5.74) is 1.25. The quantitative estimate of drug-likeness (QED) is 0.795. The largest absolute Gasteiger partial charge is 0.212 e. The summed E-state index contributed by atoms with van der Waals surface area (Å²) in [7, 11) is -3.21. The van der Waals surface area contributed by atoms with Gasteiger partial charge in [-0.2, -0.15) is 9.57 Å². The van der Waals surface area contributed by atoms with Crippen molar-refractivity contribution in [1.82, 2.24) is 4.31 Å². The Morgan fingerprint density at radius 3 is 2.50 bits per heavy atom. The summed E-state index contributed by atoms with van der Waals surface area (Å²) in [5, 5.41) is 8.89. The lowest BCUT2D eigenvalue weighted by Crippen LogP contribution is -2.29. The summed E-state index contributed by atoms with van der Waals surface area (Å²) >= 11 is 0. The lowest BCUT2D eigenvalue weighted by molar-refractivity contribution is 0.427. The molecule has 0 aliphatic rings. The third-order valence-corrected chi connectivity index (χ3v) is 3.63. The third-order valence-electron chi connectivity index (χ3n) is 2.31. The maximum Gasteiger partial charge on any atom is 0.211 e.